The summed E-state index contributed by atoms with van der Waals surface area (Å²) in [5.74, 6) is -3.42. The molecule has 1 fully saturated rings. The normalized spacial score (nSPS) is 17.0. The van der Waals surface area contributed by atoms with E-state index in [4.69, 9.17) is 5.73 Å². The number of carbonyl (C=O) groups is 1. The Labute approximate surface area is 205 Å². The molecule has 9 nitrogen and oxygen atoms in total. The molecule has 2 heterocycles. The summed E-state index contributed by atoms with van der Waals surface area (Å²) in [7, 11) is -7.52. The Kier molecular flexibility index (Phi) is 7.56. The van der Waals surface area contributed by atoms with Crippen molar-refractivity contribution in [2.45, 2.75) is 25.6 Å². The molecular weight excluding hydrogens is 528 g/mol. The van der Waals surface area contributed by atoms with Crippen LogP contribution in [-0.4, -0.2) is 58.6 Å². The monoisotopic (exact) mass is 552 g/mol. The van der Waals surface area contributed by atoms with Crippen LogP contribution >= 0.6 is 0 Å². The maximum absolute atomic E-state index is 15.0. The van der Waals surface area contributed by atoms with Crippen molar-refractivity contribution in [1.82, 2.24) is 4.98 Å². The number of carbonyl (C=O) groups excluding carboxylic acids is 1. The Balaban J connectivity index is 2.07. The average molecular weight is 553 g/mol. The van der Waals surface area contributed by atoms with E-state index in [9.17, 15) is 34.8 Å². The summed E-state index contributed by atoms with van der Waals surface area (Å²) >= 11 is 0. The third-order valence-electron chi connectivity index (χ3n) is 5.77. The van der Waals surface area contributed by atoms with Gasteiger partial charge in [0.25, 0.3) is 0 Å². The van der Waals surface area contributed by atoms with Crippen LogP contribution in [0.1, 0.15) is 29.7 Å². The summed E-state index contributed by atoms with van der Waals surface area (Å²) in [4.78, 5) is 16.4. The molecule has 1 aliphatic heterocycles. The maximum atomic E-state index is 15.0. The molecule has 2 aromatic rings. The van der Waals surface area contributed by atoms with Crippen LogP contribution in [0, 0.1) is 5.82 Å². The number of anilines is 2. The van der Waals surface area contributed by atoms with Crippen LogP contribution in [0.25, 0.3) is 0 Å². The zero-order valence-corrected chi connectivity index (χ0v) is 20.9. The van der Waals surface area contributed by atoms with Gasteiger partial charge in [0.2, 0.25) is 15.9 Å². The van der Waals surface area contributed by atoms with Gasteiger partial charge in [0, 0.05) is 18.7 Å². The van der Waals surface area contributed by atoms with Crippen LogP contribution < -0.4 is 14.9 Å². The third-order valence-corrected chi connectivity index (χ3v) is 8.51. The molecule has 1 atom stereocenters. The standard InChI is InChI=1S/C21H24F4N4O5S2/c1-13(19(26)30)14-3-5-17(16(22)11-14)29(35(2,31)32)12-15-4-6-18(21(23,24)25)27-20(15)28-7-9-36(33,34)10-8-28/h3-6,11,13H,7-10,12H2,1-2H3,(H2,26,30). The van der Waals surface area contributed by atoms with Gasteiger partial charge in [-0.15, -0.1) is 0 Å². The second-order valence-corrected chi connectivity index (χ2v) is 12.6. The summed E-state index contributed by atoms with van der Waals surface area (Å²) in [5, 5.41) is 0. The van der Waals surface area contributed by atoms with Gasteiger partial charge in [-0.25, -0.2) is 26.2 Å². The molecule has 15 heteroatoms. The number of nitrogens with zero attached hydrogens (tertiary/aromatic N) is 3. The molecule has 0 spiro atoms. The number of benzene rings is 1. The first-order valence-electron chi connectivity index (χ1n) is 10.6. The Morgan fingerprint density at radius 3 is 2.31 bits per heavy atom. The lowest BCUT2D eigenvalue weighted by atomic mass is 10.00. The van der Waals surface area contributed by atoms with E-state index in [0.717, 1.165) is 24.5 Å². The minimum absolute atomic E-state index is 0.0155. The van der Waals surface area contributed by atoms with Crippen LogP contribution in [0.4, 0.5) is 29.1 Å². The van der Waals surface area contributed by atoms with E-state index in [-0.39, 0.29) is 41.5 Å². The van der Waals surface area contributed by atoms with Crippen molar-refractivity contribution in [2.75, 3.05) is 40.1 Å². The Hall–Kier alpha value is -2.94. The van der Waals surface area contributed by atoms with Gasteiger partial charge in [-0.1, -0.05) is 12.1 Å². The fourth-order valence-electron chi connectivity index (χ4n) is 3.65. The largest absolute Gasteiger partial charge is 0.433 e. The quantitative estimate of drug-likeness (QED) is 0.520. The molecule has 1 aromatic carbocycles. The molecule has 198 valence electrons. The van der Waals surface area contributed by atoms with Crippen molar-refractivity contribution in [3.8, 4) is 0 Å². The second kappa shape index (κ2) is 9.84. The molecule has 1 aliphatic rings. The van der Waals surface area contributed by atoms with Gasteiger partial charge >= 0.3 is 6.18 Å². The van der Waals surface area contributed by atoms with Crippen molar-refractivity contribution in [1.29, 1.82) is 0 Å². The highest BCUT2D eigenvalue weighted by Gasteiger charge is 2.35. The van der Waals surface area contributed by atoms with Crippen LogP contribution in [0.5, 0.6) is 0 Å². The number of sulfonamides is 1. The van der Waals surface area contributed by atoms with Crippen LogP contribution in [0.15, 0.2) is 30.3 Å². The van der Waals surface area contributed by atoms with E-state index in [0.29, 0.717) is 10.4 Å². The number of primary amides is 1. The zero-order valence-electron chi connectivity index (χ0n) is 19.3. The van der Waals surface area contributed by atoms with E-state index < -0.39 is 61.6 Å². The number of hydrogen-bond donors (Lipinski definition) is 1. The van der Waals surface area contributed by atoms with Crippen LogP contribution in [0.2, 0.25) is 0 Å². The second-order valence-electron chi connectivity index (χ2n) is 8.42. The van der Waals surface area contributed by atoms with Gasteiger partial charge < -0.3 is 10.6 Å². The first-order valence-corrected chi connectivity index (χ1v) is 14.3. The van der Waals surface area contributed by atoms with E-state index in [1.165, 1.54) is 17.9 Å². The lowest BCUT2D eigenvalue weighted by Gasteiger charge is -2.31. The fourth-order valence-corrected chi connectivity index (χ4v) is 5.73. The highest BCUT2D eigenvalue weighted by atomic mass is 32.2. The SMILES string of the molecule is CC(C(N)=O)c1ccc(N(Cc2ccc(C(F)(F)F)nc2N2CCS(=O)(=O)CC2)S(C)(=O)=O)c(F)c1. The van der Waals surface area contributed by atoms with Gasteiger partial charge in [-0.3, -0.25) is 9.10 Å². The number of nitrogens with two attached hydrogens (primary N) is 1. The molecule has 1 saturated heterocycles. The van der Waals surface area contributed by atoms with Crippen LogP contribution in [-0.2, 0) is 37.4 Å². The van der Waals surface area contributed by atoms with Gasteiger partial charge in [-0.05, 0) is 30.7 Å². The van der Waals surface area contributed by atoms with E-state index in [1.54, 1.807) is 0 Å². The lowest BCUT2D eigenvalue weighted by Crippen LogP contribution is -2.42. The summed E-state index contributed by atoms with van der Waals surface area (Å²) in [6.45, 7) is 0.585. The predicted octanol–water partition coefficient (Wildman–Crippen LogP) is 2.03. The molecule has 1 amide bonds. The molecule has 0 saturated carbocycles. The smallest absolute Gasteiger partial charge is 0.369 e. The summed E-state index contributed by atoms with van der Waals surface area (Å²) < 4.78 is 105. The number of alkyl halides is 3. The Morgan fingerprint density at radius 2 is 1.81 bits per heavy atom. The first kappa shape index (κ1) is 27.6. The number of halogens is 4. The average Bonchev–Trinajstić information content (AvgIpc) is 2.76. The highest BCUT2D eigenvalue weighted by molar-refractivity contribution is 7.92. The third kappa shape index (κ3) is 6.24. The molecule has 1 unspecified atom stereocenters. The van der Waals surface area contributed by atoms with E-state index in [2.05, 4.69) is 4.98 Å². The van der Waals surface area contributed by atoms with Crippen molar-refractivity contribution in [3.05, 3.63) is 53.0 Å². The van der Waals surface area contributed by atoms with Gasteiger partial charge in [0.1, 0.15) is 17.3 Å². The molecule has 3 rings (SSSR count). The molecule has 36 heavy (non-hydrogen) atoms. The Bertz CT molecular complexity index is 1370. The molecule has 0 radical (unpaired) electrons. The minimum Gasteiger partial charge on any atom is -0.369 e. The topological polar surface area (TPSA) is 131 Å². The molecule has 0 bridgehead atoms. The number of sulfone groups is 1. The molecule has 0 aliphatic carbocycles. The predicted molar refractivity (Wildman–Crippen MR) is 125 cm³/mol. The maximum Gasteiger partial charge on any atom is 0.433 e. The van der Waals surface area contributed by atoms with Crippen molar-refractivity contribution in [2.24, 2.45) is 5.73 Å². The van der Waals surface area contributed by atoms with Gasteiger partial charge in [-0.2, -0.15) is 13.2 Å². The van der Waals surface area contributed by atoms with Crippen molar-refractivity contribution < 1.29 is 39.2 Å². The number of hydrogen-bond acceptors (Lipinski definition) is 7. The van der Waals surface area contributed by atoms with E-state index >= 15 is 4.39 Å². The molecule has 2 N–H and O–H groups in total. The number of amides is 1. The van der Waals surface area contributed by atoms with Crippen molar-refractivity contribution >= 4 is 37.3 Å². The number of pyridine rings is 1. The fraction of sp³-hybridized carbons (Fsp3) is 0.429. The van der Waals surface area contributed by atoms with Crippen molar-refractivity contribution in [3.63, 3.8) is 0 Å². The summed E-state index contributed by atoms with van der Waals surface area (Å²) in [5.41, 5.74) is 3.83. The zero-order chi connectivity index (χ0) is 27.1. The Morgan fingerprint density at radius 1 is 1.19 bits per heavy atom. The first-order chi connectivity index (χ1) is 16.5. The number of rotatable bonds is 7. The number of aromatic nitrogens is 1. The highest BCUT2D eigenvalue weighted by Crippen LogP contribution is 2.33. The van der Waals surface area contributed by atoms with Gasteiger partial charge in [0.05, 0.1) is 35.9 Å². The minimum atomic E-state index is -4.80. The van der Waals surface area contributed by atoms with Crippen LogP contribution in [0.3, 0.4) is 0 Å². The summed E-state index contributed by atoms with van der Waals surface area (Å²) in [6.07, 6.45) is -4.00. The molecular formula is C21H24F4N4O5S2. The van der Waals surface area contributed by atoms with E-state index in [1.807, 2.05) is 0 Å². The molecule has 1 aromatic heterocycles. The summed E-state index contributed by atoms with van der Waals surface area (Å²) in [6, 6.07) is 5.13. The lowest BCUT2D eigenvalue weighted by molar-refractivity contribution is -0.141. The van der Waals surface area contributed by atoms with Gasteiger partial charge in [0.15, 0.2) is 9.84 Å².